The number of carboxylic acid groups (broad SMARTS) is 1. The van der Waals surface area contributed by atoms with Gasteiger partial charge in [-0.1, -0.05) is 6.07 Å². The Kier molecular flexibility index (Phi) is 4.98. The summed E-state index contributed by atoms with van der Waals surface area (Å²) in [5, 5.41) is 8.99. The van der Waals surface area contributed by atoms with Crippen LogP contribution < -0.4 is 11.1 Å². The smallest absolute Gasteiger partial charge is 0.337 e. The van der Waals surface area contributed by atoms with Crippen molar-refractivity contribution in [2.45, 2.75) is 13.1 Å². The highest BCUT2D eigenvalue weighted by molar-refractivity contribution is 5.87. The van der Waals surface area contributed by atoms with E-state index in [2.05, 4.69) is 0 Å². The number of carboxylic acids is 1. The molecule has 2 aromatic heterocycles. The van der Waals surface area contributed by atoms with Crippen molar-refractivity contribution in [1.29, 1.82) is 0 Å². The number of benzene rings is 1. The van der Waals surface area contributed by atoms with Crippen LogP contribution in [0.1, 0.15) is 21.5 Å². The minimum Gasteiger partial charge on any atom is -0.478 e. The molecule has 0 aliphatic rings. The van der Waals surface area contributed by atoms with E-state index >= 15 is 0 Å². The molecular formula is C19H14F2N2O4. The van der Waals surface area contributed by atoms with Crippen LogP contribution in [-0.2, 0) is 13.1 Å². The molecule has 0 aliphatic carbocycles. The van der Waals surface area contributed by atoms with Crippen molar-refractivity contribution < 1.29 is 18.7 Å². The molecule has 0 unspecified atom stereocenters. The van der Waals surface area contributed by atoms with Gasteiger partial charge >= 0.3 is 5.97 Å². The first-order valence-corrected chi connectivity index (χ1v) is 7.91. The van der Waals surface area contributed by atoms with Gasteiger partial charge < -0.3 is 14.2 Å². The van der Waals surface area contributed by atoms with E-state index in [0.717, 1.165) is 35.0 Å². The molecule has 6 nitrogen and oxygen atoms in total. The lowest BCUT2D eigenvalue weighted by atomic mass is 10.1. The molecule has 1 N–H and O–H groups in total. The molecule has 0 aliphatic heterocycles. The van der Waals surface area contributed by atoms with Gasteiger partial charge in [-0.3, -0.25) is 9.59 Å². The summed E-state index contributed by atoms with van der Waals surface area (Å²) in [7, 11) is 0. The first-order valence-electron chi connectivity index (χ1n) is 7.91. The largest absolute Gasteiger partial charge is 0.478 e. The fourth-order valence-corrected chi connectivity index (χ4v) is 2.61. The lowest BCUT2D eigenvalue weighted by Crippen LogP contribution is -2.22. The molecule has 0 saturated carbocycles. The Bertz CT molecular complexity index is 1140. The van der Waals surface area contributed by atoms with Crippen LogP contribution in [0.25, 0.3) is 0 Å². The minimum atomic E-state index is -1.24. The number of aromatic nitrogens is 2. The molecule has 27 heavy (non-hydrogen) atoms. The van der Waals surface area contributed by atoms with Crippen LogP contribution in [0.3, 0.4) is 0 Å². The number of carbonyl (C=O) groups is 1. The number of hydrogen-bond donors (Lipinski definition) is 1. The molecule has 0 bridgehead atoms. The molecule has 0 radical (unpaired) electrons. The van der Waals surface area contributed by atoms with Gasteiger partial charge in [-0.2, -0.15) is 0 Å². The first kappa shape index (κ1) is 18.2. The Morgan fingerprint density at radius 1 is 0.889 bits per heavy atom. The summed E-state index contributed by atoms with van der Waals surface area (Å²) in [5.74, 6) is -2.73. The monoisotopic (exact) mass is 372 g/mol. The summed E-state index contributed by atoms with van der Waals surface area (Å²) >= 11 is 0. The zero-order valence-corrected chi connectivity index (χ0v) is 13.9. The summed E-state index contributed by atoms with van der Waals surface area (Å²) in [6, 6.07) is 8.56. The summed E-state index contributed by atoms with van der Waals surface area (Å²) in [5.41, 5.74) is -1.16. The van der Waals surface area contributed by atoms with Crippen LogP contribution in [0.2, 0.25) is 0 Å². The number of aromatic carboxylic acids is 1. The topological polar surface area (TPSA) is 81.3 Å². The van der Waals surface area contributed by atoms with Crippen LogP contribution in [0.5, 0.6) is 0 Å². The standard InChI is InChI=1S/C19H14F2N2O4/c20-15-8-14(11-23-9-12(19(26)27)4-5-18(23)25)16(21)7-13(15)10-22-6-2-1-3-17(22)24/h1-9H,10-11H2,(H,26,27). The van der Waals surface area contributed by atoms with Crippen molar-refractivity contribution in [3.8, 4) is 0 Å². The van der Waals surface area contributed by atoms with Crippen molar-refractivity contribution in [2.75, 3.05) is 0 Å². The third kappa shape index (κ3) is 4.00. The number of hydrogen-bond acceptors (Lipinski definition) is 3. The molecule has 0 atom stereocenters. The molecule has 0 fully saturated rings. The fourth-order valence-electron chi connectivity index (χ4n) is 2.61. The van der Waals surface area contributed by atoms with Crippen molar-refractivity contribution in [1.82, 2.24) is 9.13 Å². The molecule has 138 valence electrons. The van der Waals surface area contributed by atoms with Gasteiger partial charge in [0.1, 0.15) is 11.6 Å². The highest BCUT2D eigenvalue weighted by Crippen LogP contribution is 2.17. The Balaban J connectivity index is 1.93. The zero-order valence-electron chi connectivity index (χ0n) is 13.9. The van der Waals surface area contributed by atoms with Gasteiger partial charge in [-0.25, -0.2) is 13.6 Å². The van der Waals surface area contributed by atoms with Crippen LogP contribution in [0.4, 0.5) is 8.78 Å². The Hall–Kier alpha value is -3.55. The molecule has 2 heterocycles. The average Bonchev–Trinajstić information content (AvgIpc) is 2.62. The van der Waals surface area contributed by atoms with Crippen molar-refractivity contribution in [3.63, 3.8) is 0 Å². The number of rotatable bonds is 5. The average molecular weight is 372 g/mol. The zero-order chi connectivity index (χ0) is 19.6. The van der Waals surface area contributed by atoms with Crippen molar-refractivity contribution in [2.24, 2.45) is 0 Å². The first-order chi connectivity index (χ1) is 12.8. The van der Waals surface area contributed by atoms with E-state index in [0.29, 0.717) is 0 Å². The minimum absolute atomic E-state index is 0.0174. The highest BCUT2D eigenvalue weighted by Gasteiger charge is 2.13. The van der Waals surface area contributed by atoms with E-state index in [1.165, 1.54) is 16.8 Å². The van der Waals surface area contributed by atoms with Crippen molar-refractivity contribution in [3.05, 3.63) is 104 Å². The Morgan fingerprint density at radius 2 is 1.48 bits per heavy atom. The second kappa shape index (κ2) is 7.36. The van der Waals surface area contributed by atoms with E-state index in [9.17, 15) is 23.2 Å². The van der Waals surface area contributed by atoms with E-state index < -0.39 is 23.2 Å². The molecule has 0 saturated heterocycles. The van der Waals surface area contributed by atoms with E-state index in [1.54, 1.807) is 12.1 Å². The molecule has 0 amide bonds. The molecule has 0 spiro atoms. The number of halogens is 2. The van der Waals surface area contributed by atoms with Crippen LogP contribution in [0, 0.1) is 11.6 Å². The van der Waals surface area contributed by atoms with Gasteiger partial charge in [-0.05, 0) is 24.3 Å². The maximum atomic E-state index is 14.4. The van der Waals surface area contributed by atoms with E-state index in [-0.39, 0.29) is 35.3 Å². The van der Waals surface area contributed by atoms with Crippen LogP contribution >= 0.6 is 0 Å². The number of nitrogens with zero attached hydrogens (tertiary/aromatic N) is 2. The van der Waals surface area contributed by atoms with Gasteiger partial charge in [-0.15, -0.1) is 0 Å². The second-order valence-corrected chi connectivity index (χ2v) is 5.89. The highest BCUT2D eigenvalue weighted by atomic mass is 19.1. The molecular weight excluding hydrogens is 358 g/mol. The predicted molar refractivity (Wildman–Crippen MR) is 92.9 cm³/mol. The fraction of sp³-hybridized carbons (Fsp3) is 0.105. The molecule has 8 heteroatoms. The lowest BCUT2D eigenvalue weighted by Gasteiger charge is -2.11. The van der Waals surface area contributed by atoms with Gasteiger partial charge in [0.05, 0.1) is 18.7 Å². The van der Waals surface area contributed by atoms with Crippen LogP contribution in [-0.4, -0.2) is 20.2 Å². The Morgan fingerprint density at radius 3 is 2.07 bits per heavy atom. The Labute approximate surface area is 151 Å². The van der Waals surface area contributed by atoms with Gasteiger partial charge in [0, 0.05) is 35.7 Å². The SMILES string of the molecule is O=C(O)c1ccc(=O)n(Cc2cc(F)c(Cn3ccccc3=O)cc2F)c1. The van der Waals surface area contributed by atoms with Crippen molar-refractivity contribution >= 4 is 5.97 Å². The molecule has 3 rings (SSSR count). The van der Waals surface area contributed by atoms with Crippen LogP contribution in [0.15, 0.2) is 64.4 Å². The van der Waals surface area contributed by atoms with Gasteiger partial charge in [0.25, 0.3) is 11.1 Å². The van der Waals surface area contributed by atoms with E-state index in [4.69, 9.17) is 5.11 Å². The summed E-state index contributed by atoms with van der Waals surface area (Å²) in [6.45, 7) is -0.467. The maximum Gasteiger partial charge on any atom is 0.337 e. The summed E-state index contributed by atoms with van der Waals surface area (Å²) in [6.07, 6.45) is 2.53. The second-order valence-electron chi connectivity index (χ2n) is 5.89. The third-order valence-electron chi connectivity index (χ3n) is 4.03. The summed E-state index contributed by atoms with van der Waals surface area (Å²) < 4.78 is 31.0. The maximum absolute atomic E-state index is 14.4. The lowest BCUT2D eigenvalue weighted by molar-refractivity contribution is 0.0696. The van der Waals surface area contributed by atoms with E-state index in [1.807, 2.05) is 0 Å². The summed E-state index contributed by atoms with van der Waals surface area (Å²) in [4.78, 5) is 34.6. The quantitative estimate of drug-likeness (QED) is 0.744. The number of pyridine rings is 2. The normalized spacial score (nSPS) is 10.7. The molecule has 1 aromatic carbocycles. The predicted octanol–water partition coefficient (Wildman–Crippen LogP) is 2.08. The van der Waals surface area contributed by atoms with Gasteiger partial charge in [0.15, 0.2) is 0 Å². The molecule has 3 aromatic rings. The third-order valence-corrected chi connectivity index (χ3v) is 4.03. The van der Waals surface area contributed by atoms with Gasteiger partial charge in [0.2, 0.25) is 0 Å².